The third-order valence-electron chi connectivity index (χ3n) is 5.16. The largest absolute Gasteiger partial charge is 0.496 e. The van der Waals surface area contributed by atoms with Crippen LogP contribution in [0.5, 0.6) is 5.75 Å². The second-order valence-corrected chi connectivity index (χ2v) is 8.52. The van der Waals surface area contributed by atoms with Gasteiger partial charge in [0.2, 0.25) is 6.79 Å². The molecule has 1 aromatic heterocycles. The first-order valence-electron chi connectivity index (χ1n) is 9.32. The van der Waals surface area contributed by atoms with Crippen molar-refractivity contribution < 1.29 is 22.6 Å². The topological polar surface area (TPSA) is 66.8 Å². The highest BCUT2D eigenvalue weighted by Crippen LogP contribution is 2.35. The van der Waals surface area contributed by atoms with Gasteiger partial charge in [0.1, 0.15) is 5.75 Å². The van der Waals surface area contributed by atoms with Crippen LogP contribution in [0, 0.1) is 0 Å². The van der Waals surface area contributed by atoms with Crippen molar-refractivity contribution in [2.45, 2.75) is 37.5 Å². The van der Waals surface area contributed by atoms with Crippen LogP contribution in [0.15, 0.2) is 53.0 Å². The van der Waals surface area contributed by atoms with E-state index in [-0.39, 0.29) is 6.79 Å². The van der Waals surface area contributed by atoms with E-state index in [1.54, 1.807) is 49.7 Å². The molecule has 148 valence electrons. The van der Waals surface area contributed by atoms with Gasteiger partial charge < -0.3 is 14.2 Å². The maximum atomic E-state index is 13.5. The van der Waals surface area contributed by atoms with E-state index in [9.17, 15) is 8.42 Å². The summed E-state index contributed by atoms with van der Waals surface area (Å²) in [5, 5.41) is 0. The minimum Gasteiger partial charge on any atom is -0.496 e. The van der Waals surface area contributed by atoms with Crippen molar-refractivity contribution in [1.82, 2.24) is 3.97 Å². The molecule has 2 aliphatic rings. The molecule has 0 unspecified atom stereocenters. The fourth-order valence-electron chi connectivity index (χ4n) is 3.82. The first kappa shape index (κ1) is 18.7. The number of nitrogens with zero attached hydrogens (tertiary/aromatic N) is 1. The van der Waals surface area contributed by atoms with E-state index in [4.69, 9.17) is 14.2 Å². The van der Waals surface area contributed by atoms with Crippen LogP contribution in [0.25, 0.3) is 6.08 Å². The molecule has 1 aliphatic heterocycles. The number of benzene rings is 1. The van der Waals surface area contributed by atoms with Gasteiger partial charge in [0.05, 0.1) is 17.7 Å². The standard InChI is InChI=1S/C21H23NO5S/c1-3-18-20(27-14-26-18)13-15-7-6-12-22(15)28(23,24)21-11-10-19(25-2)16-8-4-5-9-17(16)21/h3,6-7,10-13H,4-5,8-9,14H2,1-2H3/b18-3+,20-13+. The van der Waals surface area contributed by atoms with Gasteiger partial charge in [0.15, 0.2) is 11.5 Å². The van der Waals surface area contributed by atoms with E-state index in [0.717, 1.165) is 42.6 Å². The molecule has 7 heteroatoms. The fraction of sp³-hybridized carbons (Fsp3) is 0.333. The number of rotatable bonds is 4. The Bertz CT molecular complexity index is 1060. The second-order valence-electron chi connectivity index (χ2n) is 6.73. The normalized spacial score (nSPS) is 19.4. The Morgan fingerprint density at radius 2 is 1.82 bits per heavy atom. The molecule has 1 saturated heterocycles. The summed E-state index contributed by atoms with van der Waals surface area (Å²) in [5.74, 6) is 1.89. The van der Waals surface area contributed by atoms with Crippen molar-refractivity contribution in [3.63, 3.8) is 0 Å². The molecule has 0 bridgehead atoms. The first-order valence-corrected chi connectivity index (χ1v) is 10.8. The number of allylic oxidation sites excluding steroid dienone is 1. The minimum absolute atomic E-state index is 0.130. The average molecular weight is 401 g/mol. The van der Waals surface area contributed by atoms with E-state index < -0.39 is 10.0 Å². The van der Waals surface area contributed by atoms with E-state index in [0.29, 0.717) is 22.1 Å². The molecule has 1 fully saturated rings. The zero-order valence-corrected chi connectivity index (χ0v) is 16.8. The summed E-state index contributed by atoms with van der Waals surface area (Å²) >= 11 is 0. The number of hydrogen-bond acceptors (Lipinski definition) is 5. The van der Waals surface area contributed by atoms with Crippen LogP contribution in [0.1, 0.15) is 36.6 Å². The minimum atomic E-state index is -3.76. The van der Waals surface area contributed by atoms with Gasteiger partial charge in [-0.05, 0) is 74.1 Å². The van der Waals surface area contributed by atoms with Crippen LogP contribution in [-0.2, 0) is 32.3 Å². The Labute approximate surface area is 165 Å². The molecule has 2 aromatic rings. The molecule has 2 heterocycles. The van der Waals surface area contributed by atoms with Crippen molar-refractivity contribution >= 4 is 16.1 Å². The van der Waals surface area contributed by atoms with E-state index in [2.05, 4.69) is 0 Å². The first-order chi connectivity index (χ1) is 13.6. The molecule has 1 aromatic carbocycles. The Morgan fingerprint density at radius 1 is 1.07 bits per heavy atom. The predicted molar refractivity (Wildman–Crippen MR) is 105 cm³/mol. The zero-order valence-electron chi connectivity index (χ0n) is 16.0. The third-order valence-corrected chi connectivity index (χ3v) is 6.95. The summed E-state index contributed by atoms with van der Waals surface area (Å²) in [6, 6.07) is 6.87. The molecule has 1 aliphatic carbocycles. The molecule has 0 amide bonds. The summed E-state index contributed by atoms with van der Waals surface area (Å²) < 4.78 is 44.6. The van der Waals surface area contributed by atoms with Crippen LogP contribution in [0.2, 0.25) is 0 Å². The molecular weight excluding hydrogens is 378 g/mol. The van der Waals surface area contributed by atoms with Gasteiger partial charge in [-0.25, -0.2) is 12.4 Å². The lowest BCUT2D eigenvalue weighted by atomic mass is 9.91. The molecule has 0 radical (unpaired) electrons. The quantitative estimate of drug-likeness (QED) is 0.778. The molecule has 4 rings (SSSR count). The van der Waals surface area contributed by atoms with Crippen LogP contribution in [-0.4, -0.2) is 26.3 Å². The van der Waals surface area contributed by atoms with Crippen LogP contribution < -0.4 is 4.74 Å². The lowest BCUT2D eigenvalue weighted by molar-refractivity contribution is 0.0982. The van der Waals surface area contributed by atoms with Crippen LogP contribution >= 0.6 is 0 Å². The summed E-state index contributed by atoms with van der Waals surface area (Å²) in [5.41, 5.74) is 2.39. The Balaban J connectivity index is 1.82. The Kier molecular flexibility index (Phi) is 4.93. The lowest BCUT2D eigenvalue weighted by Gasteiger charge is -2.22. The average Bonchev–Trinajstić information content (AvgIpc) is 3.36. The van der Waals surface area contributed by atoms with E-state index in [1.807, 2.05) is 6.92 Å². The number of ether oxygens (including phenoxy) is 3. The van der Waals surface area contributed by atoms with Gasteiger partial charge in [0, 0.05) is 12.3 Å². The summed E-state index contributed by atoms with van der Waals surface area (Å²) in [4.78, 5) is 0.341. The van der Waals surface area contributed by atoms with Crippen molar-refractivity contribution in [2.75, 3.05) is 13.9 Å². The highest BCUT2D eigenvalue weighted by molar-refractivity contribution is 7.90. The zero-order chi connectivity index (χ0) is 19.7. The molecule has 0 atom stereocenters. The van der Waals surface area contributed by atoms with Crippen LogP contribution in [0.3, 0.4) is 0 Å². The number of hydrogen-bond donors (Lipinski definition) is 0. The molecule has 6 nitrogen and oxygen atoms in total. The second kappa shape index (κ2) is 7.39. The number of aromatic nitrogens is 1. The molecule has 28 heavy (non-hydrogen) atoms. The molecular formula is C21H23NO5S. The van der Waals surface area contributed by atoms with Crippen molar-refractivity contribution in [2.24, 2.45) is 0 Å². The van der Waals surface area contributed by atoms with E-state index >= 15 is 0 Å². The van der Waals surface area contributed by atoms with Gasteiger partial charge >= 0.3 is 0 Å². The lowest BCUT2D eigenvalue weighted by Crippen LogP contribution is -2.18. The van der Waals surface area contributed by atoms with Gasteiger partial charge in [-0.15, -0.1) is 0 Å². The van der Waals surface area contributed by atoms with Gasteiger partial charge in [-0.3, -0.25) is 0 Å². The Morgan fingerprint density at radius 3 is 2.57 bits per heavy atom. The van der Waals surface area contributed by atoms with E-state index in [1.165, 1.54) is 3.97 Å². The highest BCUT2D eigenvalue weighted by atomic mass is 32.2. The summed E-state index contributed by atoms with van der Waals surface area (Å²) in [6.45, 7) is 1.97. The molecule has 0 N–H and O–H groups in total. The fourth-order valence-corrected chi connectivity index (χ4v) is 5.43. The van der Waals surface area contributed by atoms with Crippen molar-refractivity contribution in [1.29, 1.82) is 0 Å². The third kappa shape index (κ3) is 3.09. The molecule has 0 saturated carbocycles. The Hall–Kier alpha value is -2.67. The maximum Gasteiger partial charge on any atom is 0.268 e. The number of methoxy groups -OCH3 is 1. The monoisotopic (exact) mass is 401 g/mol. The SMILES string of the molecule is C/C=C1/OCO/C1=C/c1cccn1S(=O)(=O)c1ccc(OC)c2c1CCCC2. The van der Waals surface area contributed by atoms with Crippen molar-refractivity contribution in [3.8, 4) is 5.75 Å². The van der Waals surface area contributed by atoms with Crippen LogP contribution in [0.4, 0.5) is 0 Å². The summed E-state index contributed by atoms with van der Waals surface area (Å²) in [7, 11) is -2.14. The van der Waals surface area contributed by atoms with Crippen molar-refractivity contribution in [3.05, 3.63) is 64.9 Å². The number of fused-ring (bicyclic) bond motifs is 1. The maximum absolute atomic E-state index is 13.5. The smallest absolute Gasteiger partial charge is 0.268 e. The van der Waals surface area contributed by atoms with Gasteiger partial charge in [0.25, 0.3) is 10.0 Å². The van der Waals surface area contributed by atoms with Gasteiger partial charge in [-0.1, -0.05) is 0 Å². The molecule has 0 spiro atoms. The van der Waals surface area contributed by atoms with Gasteiger partial charge in [-0.2, -0.15) is 0 Å². The highest BCUT2D eigenvalue weighted by Gasteiger charge is 2.27. The summed E-state index contributed by atoms with van der Waals surface area (Å²) in [6.07, 6.45) is 8.62. The predicted octanol–water partition coefficient (Wildman–Crippen LogP) is 3.86.